The Balaban J connectivity index is 1.43. The second-order valence-electron chi connectivity index (χ2n) is 8.30. The molecule has 1 amide bonds. The molecule has 3 aliphatic rings. The molecule has 2 aromatic rings. The van der Waals surface area contributed by atoms with E-state index in [2.05, 4.69) is 10.4 Å². The van der Waals surface area contributed by atoms with E-state index in [0.29, 0.717) is 29.4 Å². The Morgan fingerprint density at radius 3 is 2.62 bits per heavy atom. The lowest BCUT2D eigenvalue weighted by atomic mass is 9.77. The van der Waals surface area contributed by atoms with Crippen molar-refractivity contribution in [3.8, 4) is 0 Å². The van der Waals surface area contributed by atoms with E-state index in [1.807, 2.05) is 0 Å². The van der Waals surface area contributed by atoms with E-state index < -0.39 is 5.60 Å². The second-order valence-corrected chi connectivity index (χ2v) is 9.33. The van der Waals surface area contributed by atoms with Crippen molar-refractivity contribution in [2.45, 2.75) is 75.5 Å². The molecule has 0 unspecified atom stereocenters. The molecule has 3 fully saturated rings. The van der Waals surface area contributed by atoms with Crippen molar-refractivity contribution in [1.29, 1.82) is 0 Å². The third kappa shape index (κ3) is 2.95. The molecule has 3 saturated carbocycles. The highest BCUT2D eigenvalue weighted by molar-refractivity contribution is 7.18. The number of aromatic nitrogens is 3. The van der Waals surface area contributed by atoms with Gasteiger partial charge in [-0.1, -0.05) is 0 Å². The van der Waals surface area contributed by atoms with Crippen molar-refractivity contribution in [1.82, 2.24) is 20.1 Å². The minimum absolute atomic E-state index is 0.0234. The van der Waals surface area contributed by atoms with Crippen molar-refractivity contribution in [3.63, 3.8) is 0 Å². The standard InChI is InChI=1S/C18H22N4O3S/c1-18(25)6-11(7-18)19-12(23)8-22-17(24)15-14(13(21-22)9-2-3-9)20-16(26-15)10-4-5-10/h9-11,25H,2-8H2,1H3,(H,19,23). The zero-order chi connectivity index (χ0) is 18.1. The van der Waals surface area contributed by atoms with E-state index in [1.165, 1.54) is 16.0 Å². The number of fused-ring (bicyclic) bond motifs is 1. The van der Waals surface area contributed by atoms with Crippen molar-refractivity contribution in [2.24, 2.45) is 0 Å². The number of amides is 1. The van der Waals surface area contributed by atoms with Crippen molar-refractivity contribution < 1.29 is 9.90 Å². The van der Waals surface area contributed by atoms with E-state index in [0.717, 1.165) is 41.9 Å². The number of nitrogens with zero attached hydrogens (tertiary/aromatic N) is 3. The van der Waals surface area contributed by atoms with E-state index in [9.17, 15) is 14.7 Å². The fourth-order valence-corrected chi connectivity index (χ4v) is 4.94. The van der Waals surface area contributed by atoms with Crippen LogP contribution in [-0.4, -0.2) is 37.4 Å². The summed E-state index contributed by atoms with van der Waals surface area (Å²) in [5, 5.41) is 18.2. The summed E-state index contributed by atoms with van der Waals surface area (Å²) in [6, 6.07) is -0.0234. The van der Waals surface area contributed by atoms with Crippen LogP contribution in [0.25, 0.3) is 10.2 Å². The van der Waals surface area contributed by atoms with Gasteiger partial charge in [-0.25, -0.2) is 9.67 Å². The predicted molar refractivity (Wildman–Crippen MR) is 97.4 cm³/mol. The predicted octanol–water partition coefficient (Wildman–Crippen LogP) is 1.64. The number of hydrogen-bond acceptors (Lipinski definition) is 6. The largest absolute Gasteiger partial charge is 0.390 e. The maximum absolute atomic E-state index is 12.8. The van der Waals surface area contributed by atoms with Gasteiger partial charge in [0.25, 0.3) is 5.56 Å². The summed E-state index contributed by atoms with van der Waals surface area (Å²) in [4.78, 5) is 29.9. The molecule has 0 radical (unpaired) electrons. The smallest absolute Gasteiger partial charge is 0.286 e. The summed E-state index contributed by atoms with van der Waals surface area (Å²) in [7, 11) is 0. The van der Waals surface area contributed by atoms with Crippen LogP contribution in [0.3, 0.4) is 0 Å². The average Bonchev–Trinajstić information content (AvgIpc) is 3.45. The zero-order valence-electron chi connectivity index (χ0n) is 14.7. The lowest BCUT2D eigenvalue weighted by Gasteiger charge is -2.41. The number of carbonyl (C=O) groups is 1. The molecule has 7 nitrogen and oxygen atoms in total. The first-order valence-corrected chi connectivity index (χ1v) is 10.1. The van der Waals surface area contributed by atoms with E-state index in [1.54, 1.807) is 6.92 Å². The summed E-state index contributed by atoms with van der Waals surface area (Å²) in [5.74, 6) is 0.637. The fourth-order valence-electron chi connectivity index (χ4n) is 3.75. The molecule has 3 aliphatic carbocycles. The van der Waals surface area contributed by atoms with Crippen molar-refractivity contribution in [2.75, 3.05) is 0 Å². The number of nitrogens with one attached hydrogen (secondary N) is 1. The van der Waals surface area contributed by atoms with Gasteiger partial charge in [-0.05, 0) is 45.4 Å². The monoisotopic (exact) mass is 374 g/mol. The average molecular weight is 374 g/mol. The number of rotatable bonds is 5. The summed E-state index contributed by atoms with van der Waals surface area (Å²) in [6.07, 6.45) is 5.53. The van der Waals surface area contributed by atoms with Gasteiger partial charge in [0.05, 0.1) is 16.3 Å². The first-order valence-electron chi connectivity index (χ1n) is 9.33. The quantitative estimate of drug-likeness (QED) is 0.829. The molecule has 26 heavy (non-hydrogen) atoms. The number of thiazole rings is 1. The van der Waals surface area contributed by atoms with E-state index in [-0.39, 0.29) is 24.1 Å². The van der Waals surface area contributed by atoms with Crippen molar-refractivity contribution >= 4 is 27.5 Å². The summed E-state index contributed by atoms with van der Waals surface area (Å²) in [5.41, 5.74) is 0.732. The second kappa shape index (κ2) is 5.60. The van der Waals surface area contributed by atoms with Crippen LogP contribution in [0.1, 0.15) is 68.0 Å². The highest BCUT2D eigenvalue weighted by Gasteiger charge is 2.39. The van der Waals surface area contributed by atoms with Crippen molar-refractivity contribution in [3.05, 3.63) is 21.1 Å². The Morgan fingerprint density at radius 1 is 1.31 bits per heavy atom. The van der Waals surface area contributed by atoms with Gasteiger partial charge < -0.3 is 10.4 Å². The lowest BCUT2D eigenvalue weighted by Crippen LogP contribution is -2.54. The maximum atomic E-state index is 12.8. The fraction of sp³-hybridized carbons (Fsp3) is 0.667. The third-order valence-corrected chi connectivity index (χ3v) is 6.67. The van der Waals surface area contributed by atoms with Gasteiger partial charge >= 0.3 is 0 Å². The van der Waals surface area contributed by atoms with Crippen LogP contribution in [0.4, 0.5) is 0 Å². The Hall–Kier alpha value is -1.80. The maximum Gasteiger partial charge on any atom is 0.286 e. The van der Waals surface area contributed by atoms with Crippen LogP contribution in [0, 0.1) is 0 Å². The molecule has 0 atom stereocenters. The molecule has 0 aliphatic heterocycles. The minimum atomic E-state index is -0.688. The molecular formula is C18H22N4O3S. The molecule has 0 spiro atoms. The topological polar surface area (TPSA) is 97.1 Å². The molecule has 2 heterocycles. The van der Waals surface area contributed by atoms with Gasteiger partial charge in [0, 0.05) is 17.9 Å². The number of hydrogen-bond donors (Lipinski definition) is 2. The van der Waals surface area contributed by atoms with Gasteiger partial charge in [0.2, 0.25) is 5.91 Å². The molecule has 8 heteroatoms. The molecule has 5 rings (SSSR count). The van der Waals surface area contributed by atoms with E-state index in [4.69, 9.17) is 4.98 Å². The van der Waals surface area contributed by atoms with Crippen LogP contribution in [0.5, 0.6) is 0 Å². The van der Waals surface area contributed by atoms with Gasteiger partial charge in [-0.15, -0.1) is 11.3 Å². The lowest BCUT2D eigenvalue weighted by molar-refractivity contribution is -0.125. The van der Waals surface area contributed by atoms with E-state index >= 15 is 0 Å². The zero-order valence-corrected chi connectivity index (χ0v) is 15.5. The van der Waals surface area contributed by atoms with Gasteiger partial charge in [0.15, 0.2) is 0 Å². The number of aliphatic hydroxyl groups is 1. The molecule has 2 aromatic heterocycles. The first kappa shape index (κ1) is 16.4. The molecule has 0 bridgehead atoms. The summed E-state index contributed by atoms with van der Waals surface area (Å²) < 4.78 is 1.94. The third-order valence-electron chi connectivity index (χ3n) is 5.46. The highest BCUT2D eigenvalue weighted by atomic mass is 32.1. The molecular weight excluding hydrogens is 352 g/mol. The normalized spacial score (nSPS) is 28.2. The SMILES string of the molecule is CC1(O)CC(NC(=O)Cn2nc(C3CC3)c3nc(C4CC4)sc3c2=O)C1. The highest BCUT2D eigenvalue weighted by Crippen LogP contribution is 2.46. The van der Waals surface area contributed by atoms with Crippen LogP contribution < -0.4 is 10.9 Å². The minimum Gasteiger partial charge on any atom is -0.390 e. The molecule has 0 saturated heterocycles. The Labute approximate surface area is 154 Å². The summed E-state index contributed by atoms with van der Waals surface area (Å²) in [6.45, 7) is 1.68. The van der Waals surface area contributed by atoms with Crippen LogP contribution in [-0.2, 0) is 11.3 Å². The Bertz CT molecular complexity index is 947. The molecule has 138 valence electrons. The molecule has 2 N–H and O–H groups in total. The Kier molecular flexibility index (Phi) is 3.53. The van der Waals surface area contributed by atoms with Gasteiger partial charge in [-0.3, -0.25) is 9.59 Å². The van der Waals surface area contributed by atoms with Crippen LogP contribution in [0.15, 0.2) is 4.79 Å². The van der Waals surface area contributed by atoms with Gasteiger partial charge in [0.1, 0.15) is 16.8 Å². The summed E-state index contributed by atoms with van der Waals surface area (Å²) >= 11 is 1.48. The Morgan fingerprint density at radius 2 is 2.00 bits per heavy atom. The molecule has 0 aromatic carbocycles. The van der Waals surface area contributed by atoms with Gasteiger partial charge in [-0.2, -0.15) is 5.10 Å². The number of carbonyl (C=O) groups excluding carboxylic acids is 1. The first-order chi connectivity index (χ1) is 12.4. The van der Waals surface area contributed by atoms with Crippen LogP contribution in [0.2, 0.25) is 0 Å². The van der Waals surface area contributed by atoms with Crippen LogP contribution >= 0.6 is 11.3 Å².